The third-order valence-electron chi connectivity index (χ3n) is 5.03. The number of H-pyrrole nitrogens is 1. The van der Waals surface area contributed by atoms with E-state index in [0.29, 0.717) is 18.3 Å². The van der Waals surface area contributed by atoms with Crippen LogP contribution in [0.1, 0.15) is 42.0 Å². The van der Waals surface area contributed by atoms with Crippen molar-refractivity contribution >= 4 is 27.6 Å². The minimum Gasteiger partial charge on any atom is -0.353 e. The van der Waals surface area contributed by atoms with Crippen LogP contribution < -0.4 is 0 Å². The fourth-order valence-corrected chi connectivity index (χ4v) is 3.71. The number of hydrogen-bond donors (Lipinski definition) is 1. The molecule has 1 aliphatic carbocycles. The molecule has 3 heteroatoms. The van der Waals surface area contributed by atoms with E-state index in [-0.39, 0.29) is 5.78 Å². The number of aromatic nitrogens is 2. The molecule has 3 nitrogen and oxygen atoms in total. The molecule has 22 heavy (non-hydrogen) atoms. The molecular weight excluding hydrogens is 272 g/mol. The number of hydrogen-bond acceptors (Lipinski definition) is 2. The summed E-state index contributed by atoms with van der Waals surface area (Å²) in [6.07, 6.45) is 1.55. The van der Waals surface area contributed by atoms with Crippen LogP contribution in [-0.4, -0.2) is 15.8 Å². The van der Waals surface area contributed by atoms with Crippen LogP contribution in [0, 0.1) is 18.8 Å². The molecule has 2 heterocycles. The van der Waals surface area contributed by atoms with Crippen LogP contribution in [0.15, 0.2) is 24.3 Å². The van der Waals surface area contributed by atoms with Gasteiger partial charge in [-0.3, -0.25) is 9.78 Å². The summed E-state index contributed by atoms with van der Waals surface area (Å²) in [5.74, 6) is 1.18. The first-order valence-electron chi connectivity index (χ1n) is 7.99. The first kappa shape index (κ1) is 13.5. The van der Waals surface area contributed by atoms with Crippen molar-refractivity contribution in [1.29, 1.82) is 0 Å². The summed E-state index contributed by atoms with van der Waals surface area (Å²) in [6.45, 7) is 6.42. The molecule has 1 aliphatic rings. The number of carbonyl (C=O) groups excluding carboxylic acids is 1. The lowest BCUT2D eigenvalue weighted by atomic mass is 9.78. The van der Waals surface area contributed by atoms with Crippen LogP contribution in [0.4, 0.5) is 0 Å². The number of aryl methyl sites for hydroxylation is 1. The molecule has 0 bridgehead atoms. The Kier molecular flexibility index (Phi) is 2.86. The van der Waals surface area contributed by atoms with Gasteiger partial charge in [-0.15, -0.1) is 0 Å². The molecule has 112 valence electrons. The average molecular weight is 292 g/mol. The summed E-state index contributed by atoms with van der Waals surface area (Å²) in [4.78, 5) is 21.0. The topological polar surface area (TPSA) is 45.8 Å². The number of benzene rings is 1. The smallest absolute Gasteiger partial charge is 0.165 e. The van der Waals surface area contributed by atoms with Gasteiger partial charge in [0.15, 0.2) is 5.78 Å². The molecule has 1 atom stereocenters. The zero-order valence-corrected chi connectivity index (χ0v) is 13.2. The van der Waals surface area contributed by atoms with E-state index >= 15 is 0 Å². The maximum absolute atomic E-state index is 12.8. The molecule has 0 amide bonds. The van der Waals surface area contributed by atoms with E-state index in [2.05, 4.69) is 31.0 Å². The van der Waals surface area contributed by atoms with Crippen LogP contribution in [-0.2, 0) is 6.42 Å². The second-order valence-corrected chi connectivity index (χ2v) is 6.78. The standard InChI is InChI=1S/C19H20N2O/c1-10(2)12-8-15-18(16(22)9-12)17-13-6-4-5-7-14(13)21-19(17)11(3)20-15/h4-7,10,12,21H,8-9H2,1-3H3. The summed E-state index contributed by atoms with van der Waals surface area (Å²) >= 11 is 0. The van der Waals surface area contributed by atoms with Crippen molar-refractivity contribution < 1.29 is 4.79 Å². The molecule has 0 radical (unpaired) electrons. The quantitative estimate of drug-likeness (QED) is 0.721. The Bertz CT molecular complexity index is 905. The lowest BCUT2D eigenvalue weighted by Gasteiger charge is -2.26. The highest BCUT2D eigenvalue weighted by Gasteiger charge is 2.31. The second kappa shape index (κ2) is 4.67. The zero-order chi connectivity index (χ0) is 15.4. The van der Waals surface area contributed by atoms with E-state index in [1.165, 1.54) is 0 Å². The lowest BCUT2D eigenvalue weighted by molar-refractivity contribution is 0.0933. The highest BCUT2D eigenvalue weighted by molar-refractivity contribution is 6.19. The van der Waals surface area contributed by atoms with Gasteiger partial charge >= 0.3 is 0 Å². The Labute approximate surface area is 129 Å². The first-order valence-corrected chi connectivity index (χ1v) is 7.99. The molecule has 2 aromatic heterocycles. The Hall–Kier alpha value is -2.16. The van der Waals surface area contributed by atoms with Gasteiger partial charge in [-0.2, -0.15) is 0 Å². The lowest BCUT2D eigenvalue weighted by Crippen LogP contribution is -2.25. The monoisotopic (exact) mass is 292 g/mol. The number of nitrogens with zero attached hydrogens (tertiary/aromatic N) is 1. The maximum atomic E-state index is 12.8. The fraction of sp³-hybridized carbons (Fsp3) is 0.368. The van der Waals surface area contributed by atoms with Gasteiger partial charge in [-0.1, -0.05) is 32.0 Å². The number of ketones is 1. The predicted octanol–water partition coefficient (Wildman–Crippen LogP) is 4.43. The third-order valence-corrected chi connectivity index (χ3v) is 5.03. The van der Waals surface area contributed by atoms with Gasteiger partial charge in [0.25, 0.3) is 0 Å². The summed E-state index contributed by atoms with van der Waals surface area (Å²) in [5, 5.41) is 2.21. The number of rotatable bonds is 1. The molecule has 4 rings (SSSR count). The molecule has 0 saturated heterocycles. The van der Waals surface area contributed by atoms with E-state index in [0.717, 1.165) is 45.2 Å². The van der Waals surface area contributed by atoms with Gasteiger partial charge in [0.05, 0.1) is 16.9 Å². The van der Waals surface area contributed by atoms with Crippen LogP contribution in [0.25, 0.3) is 21.8 Å². The van der Waals surface area contributed by atoms with Gasteiger partial charge in [0.1, 0.15) is 0 Å². The highest BCUT2D eigenvalue weighted by Crippen LogP contribution is 2.37. The van der Waals surface area contributed by atoms with E-state index < -0.39 is 0 Å². The Morgan fingerprint density at radius 3 is 2.77 bits per heavy atom. The molecule has 1 N–H and O–H groups in total. The largest absolute Gasteiger partial charge is 0.353 e. The normalized spacial score (nSPS) is 18.4. The highest BCUT2D eigenvalue weighted by atomic mass is 16.1. The van der Waals surface area contributed by atoms with Gasteiger partial charge in [0.2, 0.25) is 0 Å². The zero-order valence-electron chi connectivity index (χ0n) is 13.2. The SMILES string of the molecule is Cc1nc2c(c3c1[nH]c1ccccc13)C(=O)CC(C(C)C)C2. The van der Waals surface area contributed by atoms with Gasteiger partial charge < -0.3 is 4.98 Å². The maximum Gasteiger partial charge on any atom is 0.165 e. The summed E-state index contributed by atoms with van der Waals surface area (Å²) < 4.78 is 0. The molecule has 1 aromatic carbocycles. The Balaban J connectivity index is 2.07. The molecule has 3 aromatic rings. The second-order valence-electron chi connectivity index (χ2n) is 6.78. The first-order chi connectivity index (χ1) is 10.6. The van der Waals surface area contributed by atoms with Crippen molar-refractivity contribution in [2.45, 2.75) is 33.6 Å². The molecule has 0 aliphatic heterocycles. The van der Waals surface area contributed by atoms with E-state index in [1.54, 1.807) is 0 Å². The molecule has 0 fully saturated rings. The minimum atomic E-state index is 0.252. The van der Waals surface area contributed by atoms with E-state index in [9.17, 15) is 4.79 Å². The molecular formula is C19H20N2O. The number of para-hydroxylation sites is 1. The van der Waals surface area contributed by atoms with Crippen molar-refractivity contribution in [1.82, 2.24) is 9.97 Å². The molecule has 0 saturated carbocycles. The Morgan fingerprint density at radius 2 is 2.00 bits per heavy atom. The number of nitrogens with one attached hydrogen (secondary N) is 1. The number of Topliss-reactive ketones (excluding diaryl/α,β-unsaturated/α-hetero) is 1. The fourth-order valence-electron chi connectivity index (χ4n) is 3.71. The Morgan fingerprint density at radius 1 is 1.23 bits per heavy atom. The van der Waals surface area contributed by atoms with Crippen LogP contribution in [0.2, 0.25) is 0 Å². The minimum absolute atomic E-state index is 0.252. The van der Waals surface area contributed by atoms with Crippen LogP contribution in [0.3, 0.4) is 0 Å². The van der Waals surface area contributed by atoms with Crippen LogP contribution >= 0.6 is 0 Å². The van der Waals surface area contributed by atoms with E-state index in [1.807, 2.05) is 19.1 Å². The molecule has 1 unspecified atom stereocenters. The number of pyridine rings is 1. The van der Waals surface area contributed by atoms with Gasteiger partial charge in [-0.25, -0.2) is 0 Å². The third kappa shape index (κ3) is 1.81. The van der Waals surface area contributed by atoms with Gasteiger partial charge in [0, 0.05) is 28.3 Å². The van der Waals surface area contributed by atoms with Crippen molar-refractivity contribution in [2.24, 2.45) is 11.8 Å². The number of fused-ring (bicyclic) bond motifs is 5. The summed E-state index contributed by atoms with van der Waals surface area (Å²) in [7, 11) is 0. The van der Waals surface area contributed by atoms with Crippen molar-refractivity contribution in [3.63, 3.8) is 0 Å². The van der Waals surface area contributed by atoms with E-state index in [4.69, 9.17) is 4.98 Å². The number of carbonyl (C=O) groups is 1. The van der Waals surface area contributed by atoms with Gasteiger partial charge in [-0.05, 0) is 31.2 Å². The summed E-state index contributed by atoms with van der Waals surface area (Å²) in [6, 6.07) is 8.20. The average Bonchev–Trinajstić information content (AvgIpc) is 2.87. The van der Waals surface area contributed by atoms with Crippen molar-refractivity contribution in [3.8, 4) is 0 Å². The predicted molar refractivity (Wildman–Crippen MR) is 89.3 cm³/mol. The number of aromatic amines is 1. The van der Waals surface area contributed by atoms with Crippen molar-refractivity contribution in [3.05, 3.63) is 41.2 Å². The molecule has 0 spiro atoms. The van der Waals surface area contributed by atoms with Crippen LogP contribution in [0.5, 0.6) is 0 Å². The van der Waals surface area contributed by atoms with Crippen molar-refractivity contribution in [2.75, 3.05) is 0 Å². The summed E-state index contributed by atoms with van der Waals surface area (Å²) in [5.41, 5.74) is 4.92.